The number of aromatic carboxylic acids is 1. The van der Waals surface area contributed by atoms with Gasteiger partial charge in [0.25, 0.3) is 0 Å². The molecule has 0 saturated heterocycles. The van der Waals surface area contributed by atoms with Crippen molar-refractivity contribution >= 4 is 5.97 Å². The van der Waals surface area contributed by atoms with E-state index in [0.29, 0.717) is 5.56 Å². The first-order valence-corrected chi connectivity index (χ1v) is 3.62. The summed E-state index contributed by atoms with van der Waals surface area (Å²) in [6.07, 6.45) is 1.41. The van der Waals surface area contributed by atoms with Crippen LogP contribution >= 0.6 is 0 Å². The summed E-state index contributed by atoms with van der Waals surface area (Å²) >= 11 is 0. The standard InChI is InChI=1S/C9H8N2O2/c10-4-1-2-7-3-5-11-8(6-7)9(12)13/h3,5-6H,4,10H2,(H,12,13). The van der Waals surface area contributed by atoms with Crippen molar-refractivity contribution in [1.82, 2.24) is 4.98 Å². The number of pyridine rings is 1. The molecule has 0 aliphatic rings. The zero-order valence-electron chi connectivity index (χ0n) is 6.82. The van der Waals surface area contributed by atoms with Crippen molar-refractivity contribution in [1.29, 1.82) is 0 Å². The summed E-state index contributed by atoms with van der Waals surface area (Å²) in [4.78, 5) is 14.1. The summed E-state index contributed by atoms with van der Waals surface area (Å²) in [6, 6.07) is 3.04. The monoisotopic (exact) mass is 176 g/mol. The molecule has 0 fully saturated rings. The van der Waals surface area contributed by atoms with Crippen molar-refractivity contribution in [3.63, 3.8) is 0 Å². The molecule has 0 saturated carbocycles. The van der Waals surface area contributed by atoms with Crippen molar-refractivity contribution in [2.24, 2.45) is 5.73 Å². The summed E-state index contributed by atoms with van der Waals surface area (Å²) in [5.74, 6) is 4.29. The largest absolute Gasteiger partial charge is 0.477 e. The Bertz CT molecular complexity index is 377. The van der Waals surface area contributed by atoms with Crippen molar-refractivity contribution in [2.45, 2.75) is 0 Å². The highest BCUT2D eigenvalue weighted by Gasteiger charge is 2.02. The molecule has 0 aliphatic carbocycles. The highest BCUT2D eigenvalue weighted by Crippen LogP contribution is 1.99. The molecule has 0 radical (unpaired) electrons. The minimum absolute atomic E-state index is 0.0104. The smallest absolute Gasteiger partial charge is 0.354 e. The molecule has 0 spiro atoms. The van der Waals surface area contributed by atoms with Crippen LogP contribution in [-0.4, -0.2) is 22.6 Å². The lowest BCUT2D eigenvalue weighted by Gasteiger charge is -1.92. The molecule has 0 aliphatic heterocycles. The maximum atomic E-state index is 10.5. The SMILES string of the molecule is NCC#Cc1ccnc(C(=O)O)c1. The lowest BCUT2D eigenvalue weighted by Crippen LogP contribution is -2.00. The second-order valence-corrected chi connectivity index (χ2v) is 2.24. The van der Waals surface area contributed by atoms with E-state index in [1.807, 2.05) is 0 Å². The molecule has 1 aromatic rings. The molecule has 0 aromatic carbocycles. The third-order valence-electron chi connectivity index (χ3n) is 1.31. The Morgan fingerprint density at radius 3 is 3.08 bits per heavy atom. The molecule has 4 nitrogen and oxygen atoms in total. The Labute approximate surface area is 75.4 Å². The Balaban J connectivity index is 2.98. The summed E-state index contributed by atoms with van der Waals surface area (Å²) in [5, 5.41) is 8.60. The van der Waals surface area contributed by atoms with Gasteiger partial charge in [0.05, 0.1) is 6.54 Å². The van der Waals surface area contributed by atoms with Crippen LogP contribution in [0.4, 0.5) is 0 Å². The van der Waals surface area contributed by atoms with Gasteiger partial charge >= 0.3 is 5.97 Å². The van der Waals surface area contributed by atoms with Crippen molar-refractivity contribution in [3.8, 4) is 11.8 Å². The second-order valence-electron chi connectivity index (χ2n) is 2.24. The molecular formula is C9H8N2O2. The van der Waals surface area contributed by atoms with E-state index >= 15 is 0 Å². The first-order valence-electron chi connectivity index (χ1n) is 3.62. The predicted octanol–water partition coefficient (Wildman–Crippen LogP) is 0.0900. The Morgan fingerprint density at radius 2 is 2.46 bits per heavy atom. The van der Waals surface area contributed by atoms with E-state index in [4.69, 9.17) is 10.8 Å². The van der Waals surface area contributed by atoms with E-state index in [0.717, 1.165) is 0 Å². The van der Waals surface area contributed by atoms with Gasteiger partial charge in [-0.2, -0.15) is 0 Å². The average Bonchev–Trinajstić information content (AvgIpc) is 2.15. The zero-order chi connectivity index (χ0) is 9.68. The molecule has 1 aromatic heterocycles. The van der Waals surface area contributed by atoms with Crippen molar-refractivity contribution < 1.29 is 9.90 Å². The number of carboxylic acid groups (broad SMARTS) is 1. The van der Waals surface area contributed by atoms with Crippen LogP contribution in [0.15, 0.2) is 18.3 Å². The molecule has 0 amide bonds. The first-order chi connectivity index (χ1) is 6.24. The average molecular weight is 176 g/mol. The third kappa shape index (κ3) is 2.58. The fourth-order valence-corrected chi connectivity index (χ4v) is 0.778. The summed E-state index contributed by atoms with van der Waals surface area (Å²) in [7, 11) is 0. The van der Waals surface area contributed by atoms with Gasteiger partial charge in [-0.15, -0.1) is 0 Å². The predicted molar refractivity (Wildman–Crippen MR) is 47.1 cm³/mol. The van der Waals surface area contributed by atoms with E-state index in [-0.39, 0.29) is 12.2 Å². The number of aromatic nitrogens is 1. The van der Waals surface area contributed by atoms with Crippen molar-refractivity contribution in [3.05, 3.63) is 29.6 Å². The zero-order valence-corrected chi connectivity index (χ0v) is 6.82. The topological polar surface area (TPSA) is 76.2 Å². The Hall–Kier alpha value is -1.86. The Kier molecular flexibility index (Phi) is 3.01. The summed E-state index contributed by atoms with van der Waals surface area (Å²) in [5.41, 5.74) is 5.77. The maximum Gasteiger partial charge on any atom is 0.354 e. The van der Waals surface area contributed by atoms with E-state index in [2.05, 4.69) is 16.8 Å². The van der Waals surface area contributed by atoms with Crippen LogP contribution in [0, 0.1) is 11.8 Å². The van der Waals surface area contributed by atoms with Gasteiger partial charge in [0.2, 0.25) is 0 Å². The number of hydrogen-bond donors (Lipinski definition) is 2. The number of nitrogens with zero attached hydrogens (tertiary/aromatic N) is 1. The van der Waals surface area contributed by atoms with Gasteiger partial charge in [-0.05, 0) is 12.1 Å². The van der Waals surface area contributed by atoms with Crippen LogP contribution in [0.5, 0.6) is 0 Å². The fourth-order valence-electron chi connectivity index (χ4n) is 0.778. The van der Waals surface area contributed by atoms with E-state index in [1.165, 1.54) is 12.3 Å². The molecule has 0 unspecified atom stereocenters. The van der Waals surface area contributed by atoms with E-state index in [1.54, 1.807) is 6.07 Å². The van der Waals surface area contributed by atoms with Gasteiger partial charge in [0, 0.05) is 11.8 Å². The molecule has 1 heterocycles. The molecular weight excluding hydrogens is 168 g/mol. The number of hydrogen-bond acceptors (Lipinski definition) is 3. The van der Waals surface area contributed by atoms with Crippen LogP contribution in [0.3, 0.4) is 0 Å². The molecule has 0 atom stereocenters. The summed E-state index contributed by atoms with van der Waals surface area (Å²) in [6.45, 7) is 0.255. The van der Waals surface area contributed by atoms with E-state index in [9.17, 15) is 4.79 Å². The van der Waals surface area contributed by atoms with E-state index < -0.39 is 5.97 Å². The third-order valence-corrected chi connectivity index (χ3v) is 1.31. The minimum Gasteiger partial charge on any atom is -0.477 e. The highest BCUT2D eigenvalue weighted by molar-refractivity contribution is 5.85. The van der Waals surface area contributed by atoms with Gasteiger partial charge in [-0.1, -0.05) is 11.8 Å². The molecule has 66 valence electrons. The molecule has 13 heavy (non-hydrogen) atoms. The van der Waals surface area contributed by atoms with Crippen LogP contribution < -0.4 is 5.73 Å². The Morgan fingerprint density at radius 1 is 1.69 bits per heavy atom. The number of rotatable bonds is 1. The fraction of sp³-hybridized carbons (Fsp3) is 0.111. The number of carbonyl (C=O) groups is 1. The van der Waals surface area contributed by atoms with Crippen molar-refractivity contribution in [2.75, 3.05) is 6.54 Å². The van der Waals surface area contributed by atoms with Gasteiger partial charge in [0.1, 0.15) is 5.69 Å². The minimum atomic E-state index is -1.06. The van der Waals surface area contributed by atoms with Crippen LogP contribution in [0.2, 0.25) is 0 Å². The number of carboxylic acids is 1. The first kappa shape index (κ1) is 9.23. The van der Waals surface area contributed by atoms with Gasteiger partial charge in [-0.3, -0.25) is 0 Å². The van der Waals surface area contributed by atoms with Gasteiger partial charge in [-0.25, -0.2) is 9.78 Å². The maximum absolute atomic E-state index is 10.5. The molecule has 3 N–H and O–H groups in total. The van der Waals surface area contributed by atoms with Gasteiger partial charge in [0.15, 0.2) is 0 Å². The quantitative estimate of drug-likeness (QED) is 0.594. The van der Waals surface area contributed by atoms with Gasteiger partial charge < -0.3 is 10.8 Å². The normalized spacial score (nSPS) is 8.69. The van der Waals surface area contributed by atoms with Crippen LogP contribution in [0.1, 0.15) is 16.1 Å². The second kappa shape index (κ2) is 4.24. The molecule has 0 bridgehead atoms. The number of nitrogens with two attached hydrogens (primary N) is 1. The highest BCUT2D eigenvalue weighted by atomic mass is 16.4. The lowest BCUT2D eigenvalue weighted by molar-refractivity contribution is 0.0690. The molecule has 4 heteroatoms. The van der Waals surface area contributed by atoms with Crippen LogP contribution in [0.25, 0.3) is 0 Å². The lowest BCUT2D eigenvalue weighted by atomic mass is 10.2. The molecule has 1 rings (SSSR count). The summed E-state index contributed by atoms with van der Waals surface area (Å²) < 4.78 is 0. The van der Waals surface area contributed by atoms with Crippen LogP contribution in [-0.2, 0) is 0 Å².